The number of hydrogen-bond acceptors (Lipinski definition) is 6. The molecule has 17 heavy (non-hydrogen) atoms. The molecule has 7 heteroatoms. The predicted molar refractivity (Wildman–Crippen MR) is 70.1 cm³/mol. The summed E-state index contributed by atoms with van der Waals surface area (Å²) in [6.45, 7) is 1.58. The number of nitrogens with zero attached hydrogens (tertiary/aromatic N) is 2. The molecular weight excluding hydrogens is 288 g/mol. The van der Waals surface area contributed by atoms with Gasteiger partial charge in [0.15, 0.2) is 0 Å². The summed E-state index contributed by atoms with van der Waals surface area (Å²) in [7, 11) is 0. The summed E-state index contributed by atoms with van der Waals surface area (Å²) in [5.41, 5.74) is 0. The first-order chi connectivity index (χ1) is 8.27. The van der Waals surface area contributed by atoms with E-state index < -0.39 is 0 Å². The zero-order valence-electron chi connectivity index (χ0n) is 9.49. The molecule has 1 aromatic heterocycles. The number of rotatable bonds is 8. The lowest BCUT2D eigenvalue weighted by molar-refractivity contribution is 0.292. The average molecular weight is 305 g/mol. The van der Waals surface area contributed by atoms with Crippen molar-refractivity contribution in [3.8, 4) is 0 Å². The predicted octanol–water partition coefficient (Wildman–Crippen LogP) is 0.828. The van der Waals surface area contributed by atoms with E-state index in [0.29, 0.717) is 37.7 Å². The molecule has 0 saturated carbocycles. The number of nitrogens with one attached hydrogen (secondary N) is 2. The summed E-state index contributed by atoms with van der Waals surface area (Å²) in [4.78, 5) is 8.37. The van der Waals surface area contributed by atoms with Crippen LogP contribution in [0.4, 0.5) is 11.8 Å². The summed E-state index contributed by atoms with van der Waals surface area (Å²) in [6.07, 6.45) is 2.99. The van der Waals surface area contributed by atoms with Crippen LogP contribution in [0.1, 0.15) is 12.8 Å². The van der Waals surface area contributed by atoms with Gasteiger partial charge < -0.3 is 20.8 Å². The van der Waals surface area contributed by atoms with Gasteiger partial charge in [-0.25, -0.2) is 4.98 Å². The number of aromatic nitrogens is 2. The van der Waals surface area contributed by atoms with Crippen LogP contribution in [0.15, 0.2) is 10.7 Å². The highest BCUT2D eigenvalue weighted by molar-refractivity contribution is 9.10. The van der Waals surface area contributed by atoms with Gasteiger partial charge >= 0.3 is 0 Å². The third kappa shape index (κ3) is 5.29. The van der Waals surface area contributed by atoms with E-state index in [2.05, 4.69) is 36.5 Å². The highest BCUT2D eigenvalue weighted by atomic mass is 79.9. The Labute approximate surface area is 109 Å². The van der Waals surface area contributed by atoms with E-state index in [0.717, 1.165) is 4.47 Å². The van der Waals surface area contributed by atoms with Gasteiger partial charge in [-0.15, -0.1) is 0 Å². The first-order valence-electron chi connectivity index (χ1n) is 5.50. The van der Waals surface area contributed by atoms with Crippen molar-refractivity contribution < 1.29 is 10.2 Å². The molecule has 0 aliphatic carbocycles. The summed E-state index contributed by atoms with van der Waals surface area (Å²) in [6, 6.07) is 0. The maximum atomic E-state index is 8.69. The second kappa shape index (κ2) is 8.21. The molecule has 0 atom stereocenters. The van der Waals surface area contributed by atoms with Crippen LogP contribution in [0.3, 0.4) is 0 Å². The second-order valence-electron chi connectivity index (χ2n) is 3.40. The fraction of sp³-hybridized carbons (Fsp3) is 0.600. The Morgan fingerprint density at radius 1 is 1.12 bits per heavy atom. The molecule has 0 amide bonds. The molecule has 0 aliphatic heterocycles. The molecule has 0 aliphatic rings. The van der Waals surface area contributed by atoms with Gasteiger partial charge in [0, 0.05) is 32.5 Å². The van der Waals surface area contributed by atoms with Gasteiger partial charge in [0.2, 0.25) is 5.95 Å². The monoisotopic (exact) mass is 304 g/mol. The summed E-state index contributed by atoms with van der Waals surface area (Å²) < 4.78 is 0.781. The number of aliphatic hydroxyl groups is 2. The number of anilines is 2. The number of aliphatic hydroxyl groups excluding tert-OH is 2. The third-order valence-corrected chi connectivity index (χ3v) is 2.57. The molecular formula is C10H17BrN4O2. The molecule has 0 bridgehead atoms. The Bertz CT molecular complexity index is 338. The lowest BCUT2D eigenvalue weighted by Gasteiger charge is -2.09. The van der Waals surface area contributed by atoms with Crippen LogP contribution in [0, 0.1) is 0 Å². The quantitative estimate of drug-likeness (QED) is 0.532. The van der Waals surface area contributed by atoms with Crippen LogP contribution in [0.25, 0.3) is 0 Å². The smallest absolute Gasteiger partial charge is 0.224 e. The largest absolute Gasteiger partial charge is 0.396 e. The van der Waals surface area contributed by atoms with Crippen LogP contribution in [0.2, 0.25) is 0 Å². The average Bonchev–Trinajstić information content (AvgIpc) is 2.33. The van der Waals surface area contributed by atoms with Crippen molar-refractivity contribution in [1.82, 2.24) is 9.97 Å². The maximum absolute atomic E-state index is 8.69. The van der Waals surface area contributed by atoms with E-state index in [1.54, 1.807) is 6.20 Å². The molecule has 1 heterocycles. The number of hydrogen-bond donors (Lipinski definition) is 4. The molecule has 96 valence electrons. The van der Waals surface area contributed by atoms with Gasteiger partial charge in [0.05, 0.1) is 4.47 Å². The van der Waals surface area contributed by atoms with Gasteiger partial charge in [0.25, 0.3) is 0 Å². The van der Waals surface area contributed by atoms with Crippen LogP contribution in [-0.4, -0.2) is 46.5 Å². The minimum atomic E-state index is 0.144. The van der Waals surface area contributed by atoms with E-state index in [1.165, 1.54) is 0 Å². The van der Waals surface area contributed by atoms with Crippen molar-refractivity contribution >= 4 is 27.7 Å². The lowest BCUT2D eigenvalue weighted by Crippen LogP contribution is -2.10. The molecule has 6 nitrogen and oxygen atoms in total. The van der Waals surface area contributed by atoms with E-state index >= 15 is 0 Å². The Morgan fingerprint density at radius 2 is 1.76 bits per heavy atom. The third-order valence-electron chi connectivity index (χ3n) is 1.99. The molecule has 0 aromatic carbocycles. The zero-order chi connectivity index (χ0) is 12.5. The minimum absolute atomic E-state index is 0.144. The van der Waals surface area contributed by atoms with Gasteiger partial charge in [-0.05, 0) is 28.8 Å². The van der Waals surface area contributed by atoms with Crippen LogP contribution in [-0.2, 0) is 0 Å². The first kappa shape index (κ1) is 14.1. The second-order valence-corrected chi connectivity index (χ2v) is 4.25. The van der Waals surface area contributed by atoms with Crippen molar-refractivity contribution in [2.75, 3.05) is 36.9 Å². The van der Waals surface area contributed by atoms with E-state index in [-0.39, 0.29) is 13.2 Å². The Balaban J connectivity index is 2.53. The minimum Gasteiger partial charge on any atom is -0.396 e. The molecule has 1 rings (SSSR count). The van der Waals surface area contributed by atoms with Gasteiger partial charge in [0.1, 0.15) is 5.82 Å². The van der Waals surface area contributed by atoms with Crippen molar-refractivity contribution in [1.29, 1.82) is 0 Å². The molecule has 0 saturated heterocycles. The molecule has 4 N–H and O–H groups in total. The fourth-order valence-electron chi connectivity index (χ4n) is 1.14. The van der Waals surface area contributed by atoms with Crippen LogP contribution in [0.5, 0.6) is 0 Å². The van der Waals surface area contributed by atoms with Gasteiger partial charge in [-0.2, -0.15) is 4.98 Å². The first-order valence-corrected chi connectivity index (χ1v) is 6.29. The highest BCUT2D eigenvalue weighted by Crippen LogP contribution is 2.19. The van der Waals surface area contributed by atoms with E-state index in [1.807, 2.05) is 0 Å². The van der Waals surface area contributed by atoms with E-state index in [4.69, 9.17) is 10.2 Å². The Morgan fingerprint density at radius 3 is 2.41 bits per heavy atom. The van der Waals surface area contributed by atoms with Crippen molar-refractivity contribution in [2.24, 2.45) is 0 Å². The molecule has 1 aromatic rings. The molecule has 0 spiro atoms. The van der Waals surface area contributed by atoms with Crippen molar-refractivity contribution in [3.05, 3.63) is 10.7 Å². The molecule has 0 fully saturated rings. The summed E-state index contributed by atoms with van der Waals surface area (Å²) in [5, 5.41) is 23.5. The SMILES string of the molecule is OCCCNc1ncc(Br)c(NCCCO)n1. The van der Waals surface area contributed by atoms with Gasteiger partial charge in [-0.3, -0.25) is 0 Å². The zero-order valence-corrected chi connectivity index (χ0v) is 11.1. The maximum Gasteiger partial charge on any atom is 0.224 e. The summed E-state index contributed by atoms with van der Waals surface area (Å²) >= 11 is 3.35. The lowest BCUT2D eigenvalue weighted by atomic mass is 10.4. The van der Waals surface area contributed by atoms with Crippen molar-refractivity contribution in [2.45, 2.75) is 12.8 Å². The van der Waals surface area contributed by atoms with Gasteiger partial charge in [-0.1, -0.05) is 0 Å². The standard InChI is InChI=1S/C10H17BrN4O2/c11-8-7-14-10(13-4-2-6-17)15-9(8)12-3-1-5-16/h7,16-17H,1-6H2,(H2,12,13,14,15). The highest BCUT2D eigenvalue weighted by Gasteiger charge is 2.03. The van der Waals surface area contributed by atoms with Crippen molar-refractivity contribution in [3.63, 3.8) is 0 Å². The van der Waals surface area contributed by atoms with E-state index in [9.17, 15) is 0 Å². The Hall–Kier alpha value is -0.920. The normalized spacial score (nSPS) is 10.3. The fourth-order valence-corrected chi connectivity index (χ4v) is 1.47. The Kier molecular flexibility index (Phi) is 6.83. The summed E-state index contributed by atoms with van der Waals surface area (Å²) in [5.74, 6) is 1.22. The number of halogens is 1. The molecule has 0 unspecified atom stereocenters. The van der Waals surface area contributed by atoms with Crippen LogP contribution >= 0.6 is 15.9 Å². The molecule has 0 radical (unpaired) electrons. The topological polar surface area (TPSA) is 90.3 Å². The van der Waals surface area contributed by atoms with Crippen LogP contribution < -0.4 is 10.6 Å².